The molecule has 4 nitrogen and oxygen atoms in total. The number of methoxy groups -OCH3 is 1. The molecule has 1 rings (SSSR count). The summed E-state index contributed by atoms with van der Waals surface area (Å²) in [6.07, 6.45) is 3.32. The van der Waals surface area contributed by atoms with Gasteiger partial charge in [-0.15, -0.1) is 0 Å². The van der Waals surface area contributed by atoms with Gasteiger partial charge in [0, 0.05) is 6.54 Å². The van der Waals surface area contributed by atoms with Gasteiger partial charge in [0.25, 0.3) is 0 Å². The molecule has 96 valence electrons. The standard InChI is InChI=1S/C13H22N2O2/c1-4-10(5-2)12(16)9-15-13-7-6-11(17-3)8-14-13/h6-8,10,12,16H,4-5,9H2,1-3H3,(H,14,15). The maximum atomic E-state index is 9.96. The SMILES string of the molecule is CCC(CC)C(O)CNc1ccc(OC)cn1. The van der Waals surface area contributed by atoms with Crippen LogP contribution in [0.1, 0.15) is 26.7 Å². The van der Waals surface area contributed by atoms with E-state index in [4.69, 9.17) is 4.74 Å². The molecule has 0 saturated heterocycles. The average molecular weight is 238 g/mol. The van der Waals surface area contributed by atoms with Gasteiger partial charge in [0.15, 0.2) is 0 Å². The van der Waals surface area contributed by atoms with Crippen molar-refractivity contribution >= 4 is 5.82 Å². The number of pyridine rings is 1. The molecular weight excluding hydrogens is 216 g/mol. The summed E-state index contributed by atoms with van der Waals surface area (Å²) in [5.74, 6) is 1.84. The van der Waals surface area contributed by atoms with E-state index in [1.807, 2.05) is 12.1 Å². The largest absolute Gasteiger partial charge is 0.495 e. The van der Waals surface area contributed by atoms with Crippen LogP contribution in [0.3, 0.4) is 0 Å². The maximum absolute atomic E-state index is 9.96. The van der Waals surface area contributed by atoms with E-state index in [9.17, 15) is 5.11 Å². The molecular formula is C13H22N2O2. The molecule has 0 aromatic carbocycles. The lowest BCUT2D eigenvalue weighted by atomic mass is 9.97. The zero-order chi connectivity index (χ0) is 12.7. The van der Waals surface area contributed by atoms with Gasteiger partial charge in [-0.1, -0.05) is 26.7 Å². The lowest BCUT2D eigenvalue weighted by molar-refractivity contribution is 0.114. The topological polar surface area (TPSA) is 54.4 Å². The van der Waals surface area contributed by atoms with Gasteiger partial charge in [-0.25, -0.2) is 4.98 Å². The number of nitrogens with zero attached hydrogens (tertiary/aromatic N) is 1. The highest BCUT2D eigenvalue weighted by Gasteiger charge is 2.14. The zero-order valence-corrected chi connectivity index (χ0v) is 10.8. The first kappa shape index (κ1) is 13.8. The predicted octanol–water partition coefficient (Wildman–Crippen LogP) is 2.30. The minimum atomic E-state index is -0.325. The summed E-state index contributed by atoms with van der Waals surface area (Å²) in [5.41, 5.74) is 0. The Kier molecular flexibility index (Phi) is 5.77. The Hall–Kier alpha value is -1.29. The van der Waals surface area contributed by atoms with Gasteiger partial charge in [0.1, 0.15) is 11.6 Å². The minimum absolute atomic E-state index is 0.325. The molecule has 4 heteroatoms. The second kappa shape index (κ2) is 7.12. The normalized spacial score (nSPS) is 12.5. The molecule has 0 saturated carbocycles. The predicted molar refractivity (Wildman–Crippen MR) is 69.4 cm³/mol. The number of hydrogen-bond donors (Lipinski definition) is 2. The van der Waals surface area contributed by atoms with Crippen molar-refractivity contribution in [2.75, 3.05) is 19.0 Å². The lowest BCUT2D eigenvalue weighted by Gasteiger charge is -2.20. The van der Waals surface area contributed by atoms with Crippen LogP contribution in [0.2, 0.25) is 0 Å². The first-order chi connectivity index (χ1) is 8.21. The minimum Gasteiger partial charge on any atom is -0.495 e. The molecule has 0 spiro atoms. The van der Waals surface area contributed by atoms with Crippen LogP contribution < -0.4 is 10.1 Å². The summed E-state index contributed by atoms with van der Waals surface area (Å²) in [7, 11) is 1.61. The van der Waals surface area contributed by atoms with Crippen molar-refractivity contribution in [2.45, 2.75) is 32.8 Å². The van der Waals surface area contributed by atoms with Gasteiger partial charge in [0.05, 0.1) is 19.4 Å². The monoisotopic (exact) mass is 238 g/mol. The van der Waals surface area contributed by atoms with Crippen LogP contribution in [0, 0.1) is 5.92 Å². The van der Waals surface area contributed by atoms with E-state index in [1.165, 1.54) is 0 Å². The van der Waals surface area contributed by atoms with Gasteiger partial charge in [-0.2, -0.15) is 0 Å². The second-order valence-electron chi connectivity index (χ2n) is 4.11. The average Bonchev–Trinajstić information content (AvgIpc) is 2.38. The van der Waals surface area contributed by atoms with Crippen molar-refractivity contribution in [1.29, 1.82) is 0 Å². The van der Waals surface area contributed by atoms with Crippen molar-refractivity contribution in [2.24, 2.45) is 5.92 Å². The number of rotatable bonds is 7. The van der Waals surface area contributed by atoms with E-state index in [0.717, 1.165) is 24.4 Å². The highest BCUT2D eigenvalue weighted by Crippen LogP contribution is 2.15. The van der Waals surface area contributed by atoms with Crippen molar-refractivity contribution in [1.82, 2.24) is 4.98 Å². The summed E-state index contributed by atoms with van der Waals surface area (Å²) in [5, 5.41) is 13.1. The zero-order valence-electron chi connectivity index (χ0n) is 10.8. The molecule has 0 fully saturated rings. The molecule has 17 heavy (non-hydrogen) atoms. The third-order valence-electron chi connectivity index (χ3n) is 3.06. The Morgan fingerprint density at radius 2 is 2.06 bits per heavy atom. The Morgan fingerprint density at radius 1 is 1.35 bits per heavy atom. The van der Waals surface area contributed by atoms with E-state index in [1.54, 1.807) is 13.3 Å². The third kappa shape index (κ3) is 4.23. The van der Waals surface area contributed by atoms with E-state index in [0.29, 0.717) is 12.5 Å². The molecule has 0 amide bonds. The van der Waals surface area contributed by atoms with Gasteiger partial charge < -0.3 is 15.2 Å². The summed E-state index contributed by atoms with van der Waals surface area (Å²) in [6, 6.07) is 3.69. The Labute approximate surface area is 103 Å². The summed E-state index contributed by atoms with van der Waals surface area (Å²) in [4.78, 5) is 4.19. The molecule has 0 aliphatic heterocycles. The molecule has 0 bridgehead atoms. The number of ether oxygens (including phenoxy) is 1. The number of aromatic nitrogens is 1. The van der Waals surface area contributed by atoms with Crippen LogP contribution in [0.15, 0.2) is 18.3 Å². The van der Waals surface area contributed by atoms with E-state index >= 15 is 0 Å². The molecule has 0 aliphatic rings. The van der Waals surface area contributed by atoms with Crippen LogP contribution >= 0.6 is 0 Å². The number of aliphatic hydroxyl groups is 1. The molecule has 1 aromatic heterocycles. The van der Waals surface area contributed by atoms with Gasteiger partial charge in [-0.3, -0.25) is 0 Å². The molecule has 1 atom stereocenters. The van der Waals surface area contributed by atoms with Crippen LogP contribution in [0.4, 0.5) is 5.82 Å². The van der Waals surface area contributed by atoms with Crippen LogP contribution in [-0.4, -0.2) is 29.8 Å². The Morgan fingerprint density at radius 3 is 2.53 bits per heavy atom. The summed E-state index contributed by atoms with van der Waals surface area (Å²) < 4.78 is 5.03. The fourth-order valence-electron chi connectivity index (χ4n) is 1.81. The fourth-order valence-corrected chi connectivity index (χ4v) is 1.81. The molecule has 0 radical (unpaired) electrons. The van der Waals surface area contributed by atoms with Crippen molar-refractivity contribution in [3.63, 3.8) is 0 Å². The van der Waals surface area contributed by atoms with E-state index in [2.05, 4.69) is 24.1 Å². The summed E-state index contributed by atoms with van der Waals surface area (Å²) in [6.45, 7) is 4.73. The van der Waals surface area contributed by atoms with Crippen LogP contribution in [0.5, 0.6) is 5.75 Å². The lowest BCUT2D eigenvalue weighted by Crippen LogP contribution is -2.27. The number of hydrogen-bond acceptors (Lipinski definition) is 4. The smallest absolute Gasteiger partial charge is 0.137 e. The molecule has 2 N–H and O–H groups in total. The number of anilines is 1. The number of nitrogens with one attached hydrogen (secondary N) is 1. The van der Waals surface area contributed by atoms with Gasteiger partial charge in [-0.05, 0) is 18.1 Å². The second-order valence-corrected chi connectivity index (χ2v) is 4.11. The van der Waals surface area contributed by atoms with Crippen molar-refractivity contribution in [3.05, 3.63) is 18.3 Å². The molecule has 0 aliphatic carbocycles. The van der Waals surface area contributed by atoms with E-state index in [-0.39, 0.29) is 6.10 Å². The van der Waals surface area contributed by atoms with Gasteiger partial charge in [0.2, 0.25) is 0 Å². The Balaban J connectivity index is 2.43. The van der Waals surface area contributed by atoms with Crippen molar-refractivity contribution < 1.29 is 9.84 Å². The Bertz CT molecular complexity index is 310. The quantitative estimate of drug-likeness (QED) is 0.765. The molecule has 1 unspecified atom stereocenters. The fraction of sp³-hybridized carbons (Fsp3) is 0.615. The molecule has 1 aromatic rings. The van der Waals surface area contributed by atoms with Gasteiger partial charge >= 0.3 is 0 Å². The first-order valence-electron chi connectivity index (χ1n) is 6.13. The van der Waals surface area contributed by atoms with Crippen molar-refractivity contribution in [3.8, 4) is 5.75 Å². The van der Waals surface area contributed by atoms with Crippen LogP contribution in [0.25, 0.3) is 0 Å². The molecule has 1 heterocycles. The summed E-state index contributed by atoms with van der Waals surface area (Å²) >= 11 is 0. The third-order valence-corrected chi connectivity index (χ3v) is 3.06. The first-order valence-corrected chi connectivity index (χ1v) is 6.13. The highest BCUT2D eigenvalue weighted by molar-refractivity contribution is 5.37. The van der Waals surface area contributed by atoms with Crippen LogP contribution in [-0.2, 0) is 0 Å². The highest BCUT2D eigenvalue weighted by atomic mass is 16.5. The maximum Gasteiger partial charge on any atom is 0.137 e. The van der Waals surface area contributed by atoms with E-state index < -0.39 is 0 Å². The number of aliphatic hydroxyl groups excluding tert-OH is 1.